The lowest BCUT2D eigenvalue weighted by molar-refractivity contribution is -0.00486. The van der Waals surface area contributed by atoms with Crippen molar-refractivity contribution in [3.8, 4) is 0 Å². The molecular formula is C12H25NO. The number of hydrogen-bond acceptors (Lipinski definition) is 2. The predicted octanol–water partition coefficient (Wildman–Crippen LogP) is 2.47. The Bertz CT molecular complexity index is 168. The lowest BCUT2D eigenvalue weighted by Gasteiger charge is -2.32. The second-order valence-corrected chi connectivity index (χ2v) is 5.19. The number of aliphatic hydroxyl groups excluding tert-OH is 1. The maximum Gasteiger partial charge on any atom is 0.104 e. The van der Waals surface area contributed by atoms with Gasteiger partial charge in [0.25, 0.3) is 0 Å². The SMILES string of the molecule is CC(C)CC1CCCC1N(C)C(C)O. The molecule has 0 bridgehead atoms. The molecule has 0 heterocycles. The van der Waals surface area contributed by atoms with Gasteiger partial charge < -0.3 is 5.11 Å². The van der Waals surface area contributed by atoms with Crippen molar-refractivity contribution in [2.75, 3.05) is 7.05 Å². The van der Waals surface area contributed by atoms with Crippen molar-refractivity contribution in [3.63, 3.8) is 0 Å². The zero-order valence-corrected chi connectivity index (χ0v) is 10.0. The van der Waals surface area contributed by atoms with Crippen molar-refractivity contribution < 1.29 is 5.11 Å². The summed E-state index contributed by atoms with van der Waals surface area (Å²) >= 11 is 0. The van der Waals surface area contributed by atoms with Gasteiger partial charge in [0.2, 0.25) is 0 Å². The molecule has 0 spiro atoms. The molecule has 0 amide bonds. The third kappa shape index (κ3) is 2.96. The van der Waals surface area contributed by atoms with Crippen LogP contribution in [0.5, 0.6) is 0 Å². The van der Waals surface area contributed by atoms with Gasteiger partial charge in [0, 0.05) is 6.04 Å². The summed E-state index contributed by atoms with van der Waals surface area (Å²) in [5.41, 5.74) is 0. The van der Waals surface area contributed by atoms with Gasteiger partial charge in [-0.25, -0.2) is 0 Å². The van der Waals surface area contributed by atoms with E-state index >= 15 is 0 Å². The molecular weight excluding hydrogens is 174 g/mol. The molecule has 0 aromatic rings. The fourth-order valence-corrected chi connectivity index (χ4v) is 2.71. The van der Waals surface area contributed by atoms with E-state index in [1.807, 2.05) is 14.0 Å². The summed E-state index contributed by atoms with van der Waals surface area (Å²) in [4.78, 5) is 2.14. The minimum Gasteiger partial charge on any atom is -0.379 e. The third-order valence-electron chi connectivity index (χ3n) is 3.51. The van der Waals surface area contributed by atoms with Crippen LogP contribution < -0.4 is 0 Å². The number of rotatable bonds is 4. The number of hydrogen-bond donors (Lipinski definition) is 1. The zero-order valence-electron chi connectivity index (χ0n) is 10.0. The lowest BCUT2D eigenvalue weighted by Crippen LogP contribution is -2.40. The fraction of sp³-hybridized carbons (Fsp3) is 1.00. The average molecular weight is 199 g/mol. The molecule has 1 fully saturated rings. The third-order valence-corrected chi connectivity index (χ3v) is 3.51. The summed E-state index contributed by atoms with van der Waals surface area (Å²) in [6.07, 6.45) is 4.95. The molecule has 1 rings (SSSR count). The van der Waals surface area contributed by atoms with Crippen molar-refractivity contribution in [2.45, 2.75) is 58.7 Å². The van der Waals surface area contributed by atoms with E-state index in [9.17, 15) is 5.11 Å². The van der Waals surface area contributed by atoms with Gasteiger partial charge in [0.15, 0.2) is 0 Å². The largest absolute Gasteiger partial charge is 0.379 e. The number of aliphatic hydroxyl groups is 1. The first kappa shape index (κ1) is 12.0. The summed E-state index contributed by atoms with van der Waals surface area (Å²) in [5.74, 6) is 1.58. The summed E-state index contributed by atoms with van der Waals surface area (Å²) in [6, 6.07) is 0.609. The van der Waals surface area contributed by atoms with E-state index in [1.165, 1.54) is 25.7 Å². The van der Waals surface area contributed by atoms with Crippen LogP contribution in [0, 0.1) is 11.8 Å². The Balaban J connectivity index is 2.50. The molecule has 3 unspecified atom stereocenters. The van der Waals surface area contributed by atoms with Crippen molar-refractivity contribution in [1.82, 2.24) is 4.90 Å². The summed E-state index contributed by atoms with van der Waals surface area (Å²) in [6.45, 7) is 6.44. The highest BCUT2D eigenvalue weighted by Gasteiger charge is 2.31. The van der Waals surface area contributed by atoms with Gasteiger partial charge in [-0.3, -0.25) is 4.90 Å². The van der Waals surface area contributed by atoms with Crippen LogP contribution in [0.1, 0.15) is 46.5 Å². The molecule has 84 valence electrons. The van der Waals surface area contributed by atoms with Gasteiger partial charge in [0.1, 0.15) is 6.23 Å². The van der Waals surface area contributed by atoms with Crippen LogP contribution in [0.2, 0.25) is 0 Å². The average Bonchev–Trinajstić information content (AvgIpc) is 2.49. The van der Waals surface area contributed by atoms with Gasteiger partial charge in [0.05, 0.1) is 0 Å². The van der Waals surface area contributed by atoms with Crippen LogP contribution in [0.15, 0.2) is 0 Å². The van der Waals surface area contributed by atoms with Gasteiger partial charge >= 0.3 is 0 Å². The van der Waals surface area contributed by atoms with E-state index in [2.05, 4.69) is 18.7 Å². The topological polar surface area (TPSA) is 23.5 Å². The van der Waals surface area contributed by atoms with Gasteiger partial charge in [-0.15, -0.1) is 0 Å². The molecule has 2 nitrogen and oxygen atoms in total. The Morgan fingerprint density at radius 1 is 1.29 bits per heavy atom. The second-order valence-electron chi connectivity index (χ2n) is 5.19. The molecule has 1 aliphatic rings. The van der Waals surface area contributed by atoms with Gasteiger partial charge in [-0.2, -0.15) is 0 Å². The highest BCUT2D eigenvalue weighted by Crippen LogP contribution is 2.34. The molecule has 3 atom stereocenters. The second kappa shape index (κ2) is 5.13. The Morgan fingerprint density at radius 3 is 2.43 bits per heavy atom. The van der Waals surface area contributed by atoms with Crippen molar-refractivity contribution in [1.29, 1.82) is 0 Å². The van der Waals surface area contributed by atoms with E-state index in [0.717, 1.165) is 11.8 Å². The van der Waals surface area contributed by atoms with Crippen molar-refractivity contribution >= 4 is 0 Å². The smallest absolute Gasteiger partial charge is 0.104 e. The van der Waals surface area contributed by atoms with Crippen LogP contribution in [-0.4, -0.2) is 29.3 Å². The fourth-order valence-electron chi connectivity index (χ4n) is 2.71. The molecule has 0 aromatic carbocycles. The molecule has 1 N–H and O–H groups in total. The summed E-state index contributed by atoms with van der Waals surface area (Å²) in [7, 11) is 2.05. The van der Waals surface area contributed by atoms with Crippen LogP contribution in [0.25, 0.3) is 0 Å². The standard InChI is InChI=1S/C12H25NO/c1-9(2)8-11-6-5-7-12(11)13(4)10(3)14/h9-12,14H,5-8H2,1-4H3. The Hall–Kier alpha value is -0.0800. The van der Waals surface area contributed by atoms with E-state index in [1.54, 1.807) is 0 Å². The Labute approximate surface area is 88.3 Å². The van der Waals surface area contributed by atoms with Crippen LogP contribution in [0.3, 0.4) is 0 Å². The quantitative estimate of drug-likeness (QED) is 0.703. The molecule has 2 heteroatoms. The molecule has 0 aromatic heterocycles. The highest BCUT2D eigenvalue weighted by atomic mass is 16.3. The minimum absolute atomic E-state index is 0.298. The van der Waals surface area contributed by atoms with Gasteiger partial charge in [-0.1, -0.05) is 20.3 Å². The molecule has 0 radical (unpaired) electrons. The first-order chi connectivity index (χ1) is 6.52. The molecule has 14 heavy (non-hydrogen) atoms. The summed E-state index contributed by atoms with van der Waals surface area (Å²) in [5, 5.41) is 9.56. The van der Waals surface area contributed by atoms with E-state index in [-0.39, 0.29) is 6.23 Å². The highest BCUT2D eigenvalue weighted by molar-refractivity contribution is 4.84. The minimum atomic E-state index is -0.298. The Morgan fingerprint density at radius 2 is 1.93 bits per heavy atom. The number of nitrogens with zero attached hydrogens (tertiary/aromatic N) is 1. The normalized spacial score (nSPS) is 30.2. The summed E-state index contributed by atoms with van der Waals surface area (Å²) < 4.78 is 0. The first-order valence-electron chi connectivity index (χ1n) is 5.92. The molecule has 0 aliphatic heterocycles. The molecule has 0 saturated heterocycles. The Kier molecular flexibility index (Phi) is 4.39. The monoisotopic (exact) mass is 199 g/mol. The lowest BCUT2D eigenvalue weighted by atomic mass is 9.92. The van der Waals surface area contributed by atoms with E-state index in [4.69, 9.17) is 0 Å². The van der Waals surface area contributed by atoms with Crippen molar-refractivity contribution in [3.05, 3.63) is 0 Å². The van der Waals surface area contributed by atoms with Crippen molar-refractivity contribution in [2.24, 2.45) is 11.8 Å². The first-order valence-corrected chi connectivity index (χ1v) is 5.92. The molecule has 1 saturated carbocycles. The maximum atomic E-state index is 9.56. The van der Waals surface area contributed by atoms with Gasteiger partial charge in [-0.05, 0) is 45.1 Å². The zero-order chi connectivity index (χ0) is 10.7. The van der Waals surface area contributed by atoms with E-state index < -0.39 is 0 Å². The molecule has 1 aliphatic carbocycles. The maximum absolute atomic E-state index is 9.56. The van der Waals surface area contributed by atoms with Crippen LogP contribution >= 0.6 is 0 Å². The van der Waals surface area contributed by atoms with Crippen LogP contribution in [-0.2, 0) is 0 Å². The van der Waals surface area contributed by atoms with Crippen LogP contribution in [0.4, 0.5) is 0 Å². The predicted molar refractivity (Wildman–Crippen MR) is 60.0 cm³/mol. The van der Waals surface area contributed by atoms with E-state index in [0.29, 0.717) is 6.04 Å².